The molecule has 1 atom stereocenters. The summed E-state index contributed by atoms with van der Waals surface area (Å²) < 4.78 is 57.1. The number of allylic oxidation sites excluding steroid dienone is 2. The number of sulfone groups is 1. The van der Waals surface area contributed by atoms with Crippen LogP contribution in [0, 0.1) is 0 Å². The van der Waals surface area contributed by atoms with Crippen molar-refractivity contribution in [1.29, 1.82) is 0 Å². The van der Waals surface area contributed by atoms with Gasteiger partial charge >= 0.3 is 12.6 Å². The van der Waals surface area contributed by atoms with E-state index in [-0.39, 0.29) is 38.1 Å². The summed E-state index contributed by atoms with van der Waals surface area (Å²) in [6.07, 6.45) is 0. The largest absolute Gasteiger partial charge is 0.478 e. The number of hydrogen-bond donors (Lipinski definition) is 2. The lowest BCUT2D eigenvalue weighted by molar-refractivity contribution is -0.133. The molecule has 0 aromatic heterocycles. The number of nitrogens with one attached hydrogen (secondary N) is 1. The van der Waals surface area contributed by atoms with Gasteiger partial charge in [-0.25, -0.2) is 13.2 Å². The average Bonchev–Trinajstić information content (AvgIpc) is 2.88. The van der Waals surface area contributed by atoms with E-state index >= 15 is 0 Å². The number of rotatable bonds is 4. The Morgan fingerprint density at radius 1 is 1.14 bits per heavy atom. The quantitative estimate of drug-likeness (QED) is 0.788. The Hall–Kier alpha value is -3.20. The zero-order chi connectivity index (χ0) is 20.9. The Morgan fingerprint density at radius 2 is 1.79 bits per heavy atom. The first-order chi connectivity index (χ1) is 13.7. The number of carboxylic acid groups (broad SMARTS) is 1. The van der Waals surface area contributed by atoms with Crippen LogP contribution in [-0.4, -0.2) is 26.1 Å². The summed E-state index contributed by atoms with van der Waals surface area (Å²) in [5, 5.41) is 12.7. The molecule has 9 heteroatoms. The number of carboxylic acids is 1. The lowest BCUT2D eigenvalue weighted by atomic mass is 9.85. The molecule has 0 spiro atoms. The summed E-state index contributed by atoms with van der Waals surface area (Å²) in [5.41, 5.74) is 0.670. The van der Waals surface area contributed by atoms with Crippen LogP contribution in [0.2, 0.25) is 0 Å². The Balaban J connectivity index is 2.03. The van der Waals surface area contributed by atoms with Crippen molar-refractivity contribution in [3.8, 4) is 5.75 Å². The van der Waals surface area contributed by atoms with E-state index < -0.39 is 28.3 Å². The molecule has 4 rings (SSSR count). The number of aliphatic carboxylic acids is 1. The normalized spacial score (nSPS) is 19.7. The van der Waals surface area contributed by atoms with E-state index in [1.807, 2.05) is 0 Å². The van der Waals surface area contributed by atoms with Gasteiger partial charge in [0.05, 0.1) is 27.0 Å². The van der Waals surface area contributed by atoms with Crippen molar-refractivity contribution in [1.82, 2.24) is 5.32 Å². The minimum Gasteiger partial charge on any atom is -0.478 e. The van der Waals surface area contributed by atoms with E-state index in [0.717, 1.165) is 0 Å². The molecule has 2 aromatic carbocycles. The Bertz CT molecular complexity index is 1200. The van der Waals surface area contributed by atoms with E-state index in [2.05, 4.69) is 10.1 Å². The van der Waals surface area contributed by atoms with Gasteiger partial charge in [0.15, 0.2) is 0 Å². The molecule has 2 aliphatic heterocycles. The molecule has 6 nitrogen and oxygen atoms in total. The van der Waals surface area contributed by atoms with E-state index in [0.29, 0.717) is 5.56 Å². The van der Waals surface area contributed by atoms with E-state index in [1.54, 1.807) is 18.2 Å². The first-order valence-electron chi connectivity index (χ1n) is 8.57. The van der Waals surface area contributed by atoms with Gasteiger partial charge in [-0.05, 0) is 19.1 Å². The molecule has 0 saturated heterocycles. The zero-order valence-electron chi connectivity index (χ0n) is 15.0. The Labute approximate surface area is 165 Å². The first-order valence-corrected chi connectivity index (χ1v) is 10.0. The van der Waals surface area contributed by atoms with Crippen molar-refractivity contribution in [2.24, 2.45) is 0 Å². The van der Waals surface area contributed by atoms with Gasteiger partial charge in [0.2, 0.25) is 9.84 Å². The van der Waals surface area contributed by atoms with E-state index in [1.165, 1.54) is 37.3 Å². The van der Waals surface area contributed by atoms with Crippen LogP contribution >= 0.6 is 0 Å². The van der Waals surface area contributed by atoms with Gasteiger partial charge < -0.3 is 15.2 Å². The van der Waals surface area contributed by atoms with Crippen LogP contribution in [0.5, 0.6) is 5.75 Å². The number of para-hydroxylation sites is 1. The van der Waals surface area contributed by atoms with Crippen molar-refractivity contribution < 1.29 is 31.8 Å². The third kappa shape index (κ3) is 2.89. The number of alkyl halides is 2. The predicted octanol–water partition coefficient (Wildman–Crippen LogP) is 3.49. The second-order valence-electron chi connectivity index (χ2n) is 6.56. The molecule has 2 N–H and O–H groups in total. The molecule has 150 valence electrons. The van der Waals surface area contributed by atoms with Crippen molar-refractivity contribution in [2.45, 2.75) is 24.3 Å². The molecule has 1 unspecified atom stereocenters. The number of fused-ring (bicyclic) bond motifs is 2. The van der Waals surface area contributed by atoms with Gasteiger partial charge in [-0.1, -0.05) is 36.4 Å². The topological polar surface area (TPSA) is 92.7 Å². The number of dihydropyridines is 1. The standard InChI is InChI=1S/C20H15F2NO5S/c1-10-15(19(24)25)16(11-6-2-4-8-13(11)28-20(21)22)18-17(23-10)12-7-3-5-9-14(12)29(18,26)27/h2-9,16,20,23H,1H3,(H,24,25). The maximum Gasteiger partial charge on any atom is 0.387 e. The summed E-state index contributed by atoms with van der Waals surface area (Å²) in [6, 6.07) is 11.9. The lowest BCUT2D eigenvalue weighted by Gasteiger charge is -2.29. The smallest absolute Gasteiger partial charge is 0.387 e. The molecule has 0 fully saturated rings. The van der Waals surface area contributed by atoms with Crippen molar-refractivity contribution >= 4 is 21.5 Å². The monoisotopic (exact) mass is 419 g/mol. The Kier molecular flexibility index (Phi) is 4.42. The lowest BCUT2D eigenvalue weighted by Crippen LogP contribution is -2.28. The molecule has 0 saturated carbocycles. The number of benzene rings is 2. The van der Waals surface area contributed by atoms with Crippen LogP contribution in [0.25, 0.3) is 5.70 Å². The van der Waals surface area contributed by atoms with Crippen molar-refractivity contribution in [3.05, 3.63) is 75.8 Å². The second kappa shape index (κ2) is 6.70. The molecule has 0 radical (unpaired) electrons. The van der Waals surface area contributed by atoms with Crippen molar-refractivity contribution in [3.63, 3.8) is 0 Å². The highest BCUT2D eigenvalue weighted by Gasteiger charge is 2.47. The van der Waals surface area contributed by atoms with Crippen LogP contribution in [0.3, 0.4) is 0 Å². The van der Waals surface area contributed by atoms with Gasteiger partial charge in [0, 0.05) is 16.8 Å². The molecule has 2 aliphatic rings. The zero-order valence-corrected chi connectivity index (χ0v) is 15.8. The van der Waals surface area contributed by atoms with Crippen LogP contribution in [0.1, 0.15) is 24.0 Å². The van der Waals surface area contributed by atoms with Gasteiger partial charge in [-0.2, -0.15) is 8.78 Å². The van der Waals surface area contributed by atoms with Gasteiger partial charge in [-0.15, -0.1) is 0 Å². The third-order valence-electron chi connectivity index (χ3n) is 4.93. The Morgan fingerprint density at radius 3 is 2.48 bits per heavy atom. The van der Waals surface area contributed by atoms with Gasteiger partial charge in [0.1, 0.15) is 5.75 Å². The van der Waals surface area contributed by atoms with Crippen LogP contribution in [0.4, 0.5) is 8.78 Å². The number of carbonyl (C=O) groups is 1. The highest BCUT2D eigenvalue weighted by atomic mass is 32.2. The highest BCUT2D eigenvalue weighted by molar-refractivity contribution is 7.96. The minimum absolute atomic E-state index is 0.0363. The maximum atomic E-state index is 13.3. The molecule has 29 heavy (non-hydrogen) atoms. The average molecular weight is 419 g/mol. The SMILES string of the molecule is CC1=C(C(=O)O)C(c2ccccc2OC(F)F)C2=C(N1)c1ccccc1S2(=O)=O. The fraction of sp³-hybridized carbons (Fsp3) is 0.150. The fourth-order valence-corrected chi connectivity index (χ4v) is 5.77. The molecule has 0 aliphatic carbocycles. The molecular weight excluding hydrogens is 404 g/mol. The van der Waals surface area contributed by atoms with Crippen LogP contribution in [0.15, 0.2) is 69.6 Å². The molecular formula is C20H15F2NO5S. The number of hydrogen-bond acceptors (Lipinski definition) is 5. The molecule has 0 bridgehead atoms. The van der Waals surface area contributed by atoms with E-state index in [4.69, 9.17) is 0 Å². The molecule has 2 heterocycles. The van der Waals surface area contributed by atoms with Gasteiger partial charge in [-0.3, -0.25) is 0 Å². The number of halogens is 2. The van der Waals surface area contributed by atoms with Crippen LogP contribution in [-0.2, 0) is 14.6 Å². The van der Waals surface area contributed by atoms with Crippen LogP contribution < -0.4 is 10.1 Å². The molecule has 2 aromatic rings. The van der Waals surface area contributed by atoms with E-state index in [9.17, 15) is 27.1 Å². The van der Waals surface area contributed by atoms with Crippen molar-refractivity contribution in [2.75, 3.05) is 0 Å². The second-order valence-corrected chi connectivity index (χ2v) is 8.44. The summed E-state index contributed by atoms with van der Waals surface area (Å²) in [7, 11) is -4.06. The summed E-state index contributed by atoms with van der Waals surface area (Å²) in [4.78, 5) is 11.9. The highest BCUT2D eigenvalue weighted by Crippen LogP contribution is 2.51. The fourth-order valence-electron chi connectivity index (χ4n) is 3.83. The predicted molar refractivity (Wildman–Crippen MR) is 99.8 cm³/mol. The minimum atomic E-state index is -4.06. The number of ether oxygens (including phenoxy) is 1. The summed E-state index contributed by atoms with van der Waals surface area (Å²) in [6.45, 7) is -1.65. The summed E-state index contributed by atoms with van der Waals surface area (Å²) in [5.74, 6) is -2.94. The third-order valence-corrected chi connectivity index (χ3v) is 6.88. The maximum absolute atomic E-state index is 13.3. The summed E-state index contributed by atoms with van der Waals surface area (Å²) >= 11 is 0. The first kappa shape index (κ1) is 19.1. The molecule has 0 amide bonds. The van der Waals surface area contributed by atoms with Gasteiger partial charge in [0.25, 0.3) is 0 Å².